The molecule has 0 bridgehead atoms. The summed E-state index contributed by atoms with van der Waals surface area (Å²) in [7, 11) is -2.14. The molecular formula is C18H24N4O4S. The number of rotatable bonds is 6. The van der Waals surface area contributed by atoms with Gasteiger partial charge in [-0.2, -0.15) is 4.31 Å². The van der Waals surface area contributed by atoms with Crippen molar-refractivity contribution in [2.75, 3.05) is 25.5 Å². The molecule has 1 N–H and O–H groups in total. The predicted octanol–water partition coefficient (Wildman–Crippen LogP) is 1.95. The van der Waals surface area contributed by atoms with Gasteiger partial charge in [0.05, 0.1) is 19.4 Å². The summed E-state index contributed by atoms with van der Waals surface area (Å²) in [5.74, 6) is 0.0439. The van der Waals surface area contributed by atoms with Gasteiger partial charge in [-0.05, 0) is 31.9 Å². The number of hydrogen-bond donors (Lipinski definition) is 1. The van der Waals surface area contributed by atoms with Crippen LogP contribution in [-0.2, 0) is 21.4 Å². The summed E-state index contributed by atoms with van der Waals surface area (Å²) in [5, 5.41) is 2.88. The first-order valence-electron chi connectivity index (χ1n) is 8.91. The molecule has 1 unspecified atom stereocenters. The van der Waals surface area contributed by atoms with Gasteiger partial charge in [-0.3, -0.25) is 4.79 Å². The largest absolute Gasteiger partial charge is 0.497 e. The fourth-order valence-electron chi connectivity index (χ4n) is 3.10. The zero-order valence-corrected chi connectivity index (χ0v) is 16.3. The van der Waals surface area contributed by atoms with E-state index in [0.29, 0.717) is 37.4 Å². The quantitative estimate of drug-likeness (QED) is 0.811. The van der Waals surface area contributed by atoms with E-state index in [4.69, 9.17) is 4.74 Å². The lowest BCUT2D eigenvalue weighted by atomic mass is 9.98. The monoisotopic (exact) mass is 392 g/mol. The number of amides is 1. The molecule has 0 aliphatic carbocycles. The molecule has 2 aromatic rings. The van der Waals surface area contributed by atoms with Crippen molar-refractivity contribution in [1.82, 2.24) is 13.9 Å². The first-order chi connectivity index (χ1) is 12.9. The normalized spacial score (nSPS) is 18.2. The summed E-state index contributed by atoms with van der Waals surface area (Å²) in [4.78, 5) is 16.6. The van der Waals surface area contributed by atoms with Crippen LogP contribution in [0.3, 0.4) is 0 Å². The Kier molecular flexibility index (Phi) is 5.81. The molecule has 0 spiro atoms. The summed E-state index contributed by atoms with van der Waals surface area (Å²) in [6.07, 6.45) is 4.30. The van der Waals surface area contributed by atoms with Crippen LogP contribution in [-0.4, -0.2) is 48.4 Å². The second kappa shape index (κ2) is 8.10. The van der Waals surface area contributed by atoms with Crippen LogP contribution in [0.2, 0.25) is 0 Å². The zero-order valence-electron chi connectivity index (χ0n) is 15.5. The van der Waals surface area contributed by atoms with E-state index in [0.717, 1.165) is 0 Å². The predicted molar refractivity (Wildman–Crippen MR) is 101 cm³/mol. The van der Waals surface area contributed by atoms with Crippen molar-refractivity contribution in [2.24, 2.45) is 5.92 Å². The molecule has 1 aromatic carbocycles. The van der Waals surface area contributed by atoms with Gasteiger partial charge in [0.2, 0.25) is 5.91 Å². The molecule has 1 fully saturated rings. The molecule has 146 valence electrons. The lowest BCUT2D eigenvalue weighted by molar-refractivity contribution is -0.120. The van der Waals surface area contributed by atoms with Crippen LogP contribution in [0.25, 0.3) is 0 Å². The molecule has 9 heteroatoms. The highest BCUT2D eigenvalue weighted by Gasteiger charge is 2.34. The number of aryl methyl sites for hydroxylation is 1. The summed E-state index contributed by atoms with van der Waals surface area (Å²) in [5.41, 5.74) is 0.626. The van der Waals surface area contributed by atoms with Gasteiger partial charge < -0.3 is 14.6 Å². The van der Waals surface area contributed by atoms with E-state index in [1.54, 1.807) is 35.9 Å². The Hall–Kier alpha value is -2.39. The SMILES string of the molecule is CCn1cnc(S(=O)(=O)N2CCCC(C(=O)Nc3cccc(OC)c3)C2)c1. The number of hydrogen-bond acceptors (Lipinski definition) is 5. The molecule has 1 aromatic heterocycles. The highest BCUT2D eigenvalue weighted by Crippen LogP contribution is 2.25. The number of carbonyl (C=O) groups excluding carboxylic acids is 1. The molecule has 27 heavy (non-hydrogen) atoms. The smallest absolute Gasteiger partial charge is 0.262 e. The minimum absolute atomic E-state index is 0.0261. The maximum absolute atomic E-state index is 12.8. The molecule has 1 aliphatic heterocycles. The maximum Gasteiger partial charge on any atom is 0.262 e. The van der Waals surface area contributed by atoms with Crippen LogP contribution in [0.5, 0.6) is 5.75 Å². The van der Waals surface area contributed by atoms with Crippen LogP contribution in [0.4, 0.5) is 5.69 Å². The Morgan fingerprint density at radius 1 is 1.41 bits per heavy atom. The molecule has 1 aliphatic rings. The number of anilines is 1. The lowest BCUT2D eigenvalue weighted by Crippen LogP contribution is -2.43. The fourth-order valence-corrected chi connectivity index (χ4v) is 4.56. The highest BCUT2D eigenvalue weighted by molar-refractivity contribution is 7.89. The molecule has 1 saturated heterocycles. The van der Waals surface area contributed by atoms with E-state index in [2.05, 4.69) is 10.3 Å². The number of ether oxygens (including phenoxy) is 1. The Bertz CT molecular complexity index is 910. The van der Waals surface area contributed by atoms with Gasteiger partial charge in [-0.25, -0.2) is 13.4 Å². The van der Waals surface area contributed by atoms with Gasteiger partial charge in [0.25, 0.3) is 10.0 Å². The van der Waals surface area contributed by atoms with Gasteiger partial charge in [-0.1, -0.05) is 6.07 Å². The lowest BCUT2D eigenvalue weighted by Gasteiger charge is -2.30. The minimum Gasteiger partial charge on any atom is -0.497 e. The number of methoxy groups -OCH3 is 1. The summed E-state index contributed by atoms with van der Waals surface area (Å²) in [6.45, 7) is 3.10. The minimum atomic E-state index is -3.70. The van der Waals surface area contributed by atoms with Crippen molar-refractivity contribution < 1.29 is 17.9 Å². The topological polar surface area (TPSA) is 93.5 Å². The summed E-state index contributed by atoms with van der Waals surface area (Å²) in [6, 6.07) is 7.08. The van der Waals surface area contributed by atoms with Crippen LogP contribution in [0.15, 0.2) is 41.8 Å². The Morgan fingerprint density at radius 2 is 2.22 bits per heavy atom. The molecule has 0 saturated carbocycles. The van der Waals surface area contributed by atoms with Crippen molar-refractivity contribution in [3.63, 3.8) is 0 Å². The number of sulfonamides is 1. The number of carbonyl (C=O) groups is 1. The standard InChI is InChI=1S/C18H24N4O4S/c1-3-21-12-17(19-13-21)27(24,25)22-9-5-6-14(11-22)18(23)20-15-7-4-8-16(10-15)26-2/h4,7-8,10,12-14H,3,5-6,9,11H2,1-2H3,(H,20,23). The average molecular weight is 392 g/mol. The number of nitrogens with one attached hydrogen (secondary N) is 1. The van der Waals surface area contributed by atoms with E-state index in [-0.39, 0.29) is 17.5 Å². The van der Waals surface area contributed by atoms with Crippen LogP contribution in [0, 0.1) is 5.92 Å². The molecule has 8 nitrogen and oxygen atoms in total. The van der Waals surface area contributed by atoms with E-state index in [9.17, 15) is 13.2 Å². The molecule has 1 atom stereocenters. The van der Waals surface area contributed by atoms with Crippen molar-refractivity contribution in [2.45, 2.75) is 31.3 Å². The number of nitrogens with zero attached hydrogens (tertiary/aromatic N) is 3. The molecular weight excluding hydrogens is 368 g/mol. The van der Waals surface area contributed by atoms with E-state index in [1.807, 2.05) is 6.92 Å². The van der Waals surface area contributed by atoms with Crippen molar-refractivity contribution in [3.05, 3.63) is 36.8 Å². The van der Waals surface area contributed by atoms with E-state index in [1.165, 1.54) is 16.8 Å². The number of aromatic nitrogens is 2. The van der Waals surface area contributed by atoms with E-state index >= 15 is 0 Å². The molecule has 1 amide bonds. The van der Waals surface area contributed by atoms with Gasteiger partial charge >= 0.3 is 0 Å². The van der Waals surface area contributed by atoms with Crippen LogP contribution in [0.1, 0.15) is 19.8 Å². The van der Waals surface area contributed by atoms with Gasteiger partial charge in [0.1, 0.15) is 5.75 Å². The zero-order chi connectivity index (χ0) is 19.4. The third-order valence-corrected chi connectivity index (χ3v) is 6.42. The van der Waals surface area contributed by atoms with Crippen molar-refractivity contribution >= 4 is 21.6 Å². The third kappa shape index (κ3) is 4.30. The summed E-state index contributed by atoms with van der Waals surface area (Å²) < 4.78 is 33.9. The van der Waals surface area contributed by atoms with Gasteiger partial charge in [-0.15, -0.1) is 0 Å². The second-order valence-corrected chi connectivity index (χ2v) is 8.35. The van der Waals surface area contributed by atoms with E-state index < -0.39 is 15.9 Å². The van der Waals surface area contributed by atoms with Gasteiger partial charge in [0, 0.05) is 37.6 Å². The van der Waals surface area contributed by atoms with Crippen molar-refractivity contribution in [3.8, 4) is 5.75 Å². The number of piperidine rings is 1. The highest BCUT2D eigenvalue weighted by atomic mass is 32.2. The molecule has 0 radical (unpaired) electrons. The fraction of sp³-hybridized carbons (Fsp3) is 0.444. The first-order valence-corrected chi connectivity index (χ1v) is 10.3. The molecule has 3 rings (SSSR count). The third-order valence-electron chi connectivity index (χ3n) is 4.67. The van der Waals surface area contributed by atoms with Gasteiger partial charge in [0.15, 0.2) is 5.03 Å². The average Bonchev–Trinajstić information content (AvgIpc) is 3.18. The Balaban J connectivity index is 1.70. The van der Waals surface area contributed by atoms with Crippen molar-refractivity contribution in [1.29, 1.82) is 0 Å². The second-order valence-electron chi connectivity index (χ2n) is 6.47. The van der Waals surface area contributed by atoms with Crippen LogP contribution < -0.4 is 10.1 Å². The van der Waals surface area contributed by atoms with Crippen LogP contribution >= 0.6 is 0 Å². The molecule has 2 heterocycles. The maximum atomic E-state index is 12.8. The first kappa shape index (κ1) is 19.4. The number of imidazole rings is 1. The number of benzene rings is 1. The summed E-state index contributed by atoms with van der Waals surface area (Å²) >= 11 is 0. The Labute approximate surface area is 159 Å². The Morgan fingerprint density at radius 3 is 2.93 bits per heavy atom.